The third kappa shape index (κ3) is 3.08. The molecule has 0 bridgehead atoms. The Bertz CT molecular complexity index is 439. The van der Waals surface area contributed by atoms with Crippen LogP contribution in [0.2, 0.25) is 0 Å². The molecule has 0 radical (unpaired) electrons. The molecule has 1 aromatic rings. The van der Waals surface area contributed by atoms with Crippen LogP contribution in [0.4, 0.5) is 0 Å². The molecule has 1 aliphatic carbocycles. The van der Waals surface area contributed by atoms with E-state index in [-0.39, 0.29) is 5.41 Å². The van der Waals surface area contributed by atoms with Gasteiger partial charge in [0, 0.05) is 29.9 Å². The first kappa shape index (κ1) is 14.9. The van der Waals surface area contributed by atoms with Gasteiger partial charge in [-0.3, -0.25) is 0 Å². The fourth-order valence-electron chi connectivity index (χ4n) is 3.57. The molecule has 0 amide bonds. The molecule has 3 rings (SSSR count). The number of hydrogen-bond acceptors (Lipinski definition) is 4. The molecule has 2 heterocycles. The second-order valence-corrected chi connectivity index (χ2v) is 9.10. The molecule has 0 spiro atoms. The van der Waals surface area contributed by atoms with Crippen molar-refractivity contribution in [2.45, 2.75) is 60.9 Å². The van der Waals surface area contributed by atoms with Crippen molar-refractivity contribution in [3.63, 3.8) is 0 Å². The molecule has 2 atom stereocenters. The molecule has 0 saturated heterocycles. The summed E-state index contributed by atoms with van der Waals surface area (Å²) < 4.78 is 1.49. The van der Waals surface area contributed by atoms with Gasteiger partial charge < -0.3 is 10.4 Å². The number of fused-ring (bicyclic) bond motifs is 1. The highest BCUT2D eigenvalue weighted by Crippen LogP contribution is 2.44. The Hall–Kier alpha value is -0.0300. The van der Waals surface area contributed by atoms with Crippen molar-refractivity contribution >= 4 is 23.1 Å². The van der Waals surface area contributed by atoms with E-state index in [1.54, 1.807) is 0 Å². The van der Waals surface area contributed by atoms with Gasteiger partial charge in [0.1, 0.15) is 0 Å². The Morgan fingerprint density at radius 3 is 2.90 bits per heavy atom. The summed E-state index contributed by atoms with van der Waals surface area (Å²) in [5.41, 5.74) is 1.63. The fraction of sp³-hybridized carbons (Fsp3) is 0.750. The molecular weight excluding hydrogens is 286 g/mol. The lowest BCUT2D eigenvalue weighted by Gasteiger charge is -2.38. The lowest BCUT2D eigenvalue weighted by atomic mass is 9.74. The second kappa shape index (κ2) is 6.39. The third-order valence-electron chi connectivity index (χ3n) is 4.88. The van der Waals surface area contributed by atoms with Crippen LogP contribution in [0.25, 0.3) is 0 Å². The average molecular weight is 312 g/mol. The summed E-state index contributed by atoms with van der Waals surface area (Å²) in [6, 6.07) is 2.76. The monoisotopic (exact) mass is 311 g/mol. The molecule has 2 nitrogen and oxygen atoms in total. The first-order valence-electron chi connectivity index (χ1n) is 7.81. The summed E-state index contributed by atoms with van der Waals surface area (Å²) in [5.74, 6) is 0. The van der Waals surface area contributed by atoms with Gasteiger partial charge in [-0.25, -0.2) is 0 Å². The van der Waals surface area contributed by atoms with Gasteiger partial charge in [-0.1, -0.05) is 26.2 Å². The Labute approximate surface area is 130 Å². The van der Waals surface area contributed by atoms with E-state index in [0.29, 0.717) is 17.9 Å². The lowest BCUT2D eigenvalue weighted by molar-refractivity contribution is 0.0778. The molecule has 4 heteroatoms. The summed E-state index contributed by atoms with van der Waals surface area (Å²) >= 11 is 3.89. The highest BCUT2D eigenvalue weighted by Gasteiger charge is 2.33. The van der Waals surface area contributed by atoms with E-state index < -0.39 is 0 Å². The molecule has 0 aromatic carbocycles. The smallest absolute Gasteiger partial charge is 0.0649 e. The largest absolute Gasteiger partial charge is 0.396 e. The van der Waals surface area contributed by atoms with Gasteiger partial charge in [-0.15, -0.1) is 23.1 Å². The zero-order valence-electron chi connectivity index (χ0n) is 12.2. The summed E-state index contributed by atoms with van der Waals surface area (Å²) in [6.07, 6.45) is 7.48. The summed E-state index contributed by atoms with van der Waals surface area (Å²) in [4.78, 5) is 0. The van der Waals surface area contributed by atoms with E-state index in [4.69, 9.17) is 0 Å². The zero-order chi connectivity index (χ0) is 14.0. The van der Waals surface area contributed by atoms with Crippen LogP contribution in [-0.4, -0.2) is 23.5 Å². The molecule has 1 saturated carbocycles. The van der Waals surface area contributed by atoms with Gasteiger partial charge in [-0.2, -0.15) is 0 Å². The minimum Gasteiger partial charge on any atom is -0.396 e. The van der Waals surface area contributed by atoms with Gasteiger partial charge in [0.2, 0.25) is 0 Å². The van der Waals surface area contributed by atoms with Crippen LogP contribution in [0.1, 0.15) is 57.1 Å². The summed E-state index contributed by atoms with van der Waals surface area (Å²) in [6.45, 7) is 3.64. The van der Waals surface area contributed by atoms with E-state index >= 15 is 0 Å². The molecule has 1 unspecified atom stereocenters. The number of aliphatic hydroxyl groups excluding tert-OH is 1. The first-order chi connectivity index (χ1) is 9.72. The summed E-state index contributed by atoms with van der Waals surface area (Å²) in [7, 11) is 0. The predicted molar refractivity (Wildman–Crippen MR) is 87.6 cm³/mol. The Kier molecular flexibility index (Phi) is 4.75. The SMILES string of the molecule is C[C@H]1CC(NCC2(CO)CCCCC2)c2ccsc2S1. The Morgan fingerprint density at radius 2 is 2.15 bits per heavy atom. The minimum atomic E-state index is 0.141. The van der Waals surface area contributed by atoms with Gasteiger partial charge in [0.05, 0.1) is 4.21 Å². The Morgan fingerprint density at radius 1 is 1.35 bits per heavy atom. The van der Waals surface area contributed by atoms with Gasteiger partial charge >= 0.3 is 0 Å². The van der Waals surface area contributed by atoms with Crippen LogP contribution in [0.5, 0.6) is 0 Å². The van der Waals surface area contributed by atoms with Crippen molar-refractivity contribution in [3.05, 3.63) is 17.0 Å². The minimum absolute atomic E-state index is 0.141. The number of aliphatic hydroxyl groups is 1. The highest BCUT2D eigenvalue weighted by molar-refractivity contribution is 8.01. The molecule has 112 valence electrons. The van der Waals surface area contributed by atoms with E-state index in [1.807, 2.05) is 23.1 Å². The number of hydrogen-bond donors (Lipinski definition) is 2. The molecule has 1 aliphatic heterocycles. The quantitative estimate of drug-likeness (QED) is 0.874. The van der Waals surface area contributed by atoms with Crippen molar-refractivity contribution in [3.8, 4) is 0 Å². The second-order valence-electron chi connectivity index (χ2n) is 6.48. The van der Waals surface area contributed by atoms with E-state index in [2.05, 4.69) is 23.7 Å². The topological polar surface area (TPSA) is 32.3 Å². The molecular formula is C16H25NOS2. The predicted octanol–water partition coefficient (Wildman–Crippen LogP) is 4.21. The maximum atomic E-state index is 9.84. The van der Waals surface area contributed by atoms with Crippen molar-refractivity contribution in [1.82, 2.24) is 5.32 Å². The van der Waals surface area contributed by atoms with Crippen LogP contribution in [0.15, 0.2) is 15.7 Å². The molecule has 2 aliphatic rings. The normalized spacial score (nSPS) is 29.1. The van der Waals surface area contributed by atoms with Gasteiger partial charge in [0.15, 0.2) is 0 Å². The number of thioether (sulfide) groups is 1. The third-order valence-corrected chi connectivity index (χ3v) is 7.23. The van der Waals surface area contributed by atoms with Crippen molar-refractivity contribution in [2.75, 3.05) is 13.2 Å². The van der Waals surface area contributed by atoms with Crippen molar-refractivity contribution in [2.24, 2.45) is 5.41 Å². The maximum absolute atomic E-state index is 9.84. The molecule has 1 aromatic heterocycles. The van der Waals surface area contributed by atoms with Gasteiger partial charge in [-0.05, 0) is 36.3 Å². The fourth-order valence-corrected chi connectivity index (χ4v) is 6.14. The van der Waals surface area contributed by atoms with Crippen LogP contribution in [0, 0.1) is 5.41 Å². The molecule has 20 heavy (non-hydrogen) atoms. The Balaban J connectivity index is 1.66. The lowest BCUT2D eigenvalue weighted by Crippen LogP contribution is -2.41. The first-order valence-corrected chi connectivity index (χ1v) is 9.57. The average Bonchev–Trinajstić information content (AvgIpc) is 2.94. The summed E-state index contributed by atoms with van der Waals surface area (Å²) in [5, 5.41) is 16.5. The van der Waals surface area contributed by atoms with Crippen LogP contribution < -0.4 is 5.32 Å². The van der Waals surface area contributed by atoms with Crippen LogP contribution >= 0.6 is 23.1 Å². The maximum Gasteiger partial charge on any atom is 0.0649 e. The molecule has 2 N–H and O–H groups in total. The number of nitrogens with one attached hydrogen (secondary N) is 1. The van der Waals surface area contributed by atoms with Gasteiger partial charge in [0.25, 0.3) is 0 Å². The van der Waals surface area contributed by atoms with Crippen LogP contribution in [-0.2, 0) is 0 Å². The number of thiophene rings is 1. The van der Waals surface area contributed by atoms with E-state index in [1.165, 1.54) is 48.3 Å². The van der Waals surface area contributed by atoms with E-state index in [0.717, 1.165) is 6.54 Å². The highest BCUT2D eigenvalue weighted by atomic mass is 32.2. The van der Waals surface area contributed by atoms with Crippen molar-refractivity contribution < 1.29 is 5.11 Å². The van der Waals surface area contributed by atoms with Crippen molar-refractivity contribution in [1.29, 1.82) is 0 Å². The zero-order valence-corrected chi connectivity index (χ0v) is 13.9. The number of rotatable bonds is 4. The van der Waals surface area contributed by atoms with E-state index in [9.17, 15) is 5.11 Å². The molecule has 1 fully saturated rings. The van der Waals surface area contributed by atoms with Crippen LogP contribution in [0.3, 0.4) is 0 Å². The standard InChI is InChI=1S/C16H25NOS2/c1-12-9-14(13-5-8-19-15(13)20-12)17-10-16(11-18)6-3-2-4-7-16/h5,8,12,14,17-18H,2-4,6-7,9-11H2,1H3/t12-,14?/m0/s1.